The highest BCUT2D eigenvalue weighted by atomic mass is 31.1. The highest BCUT2D eigenvalue weighted by Gasteiger charge is 2.37. The van der Waals surface area contributed by atoms with E-state index in [4.69, 9.17) is 4.74 Å². The number of allylic oxidation sites excluding steroid dienone is 4. The Bertz CT molecular complexity index is 868. The monoisotopic (exact) mass is 482 g/mol. The first-order chi connectivity index (χ1) is 16.6. The van der Waals surface area contributed by atoms with Crippen molar-refractivity contribution >= 4 is 26.7 Å². The molecular weight excluding hydrogens is 443 g/mol. The van der Waals surface area contributed by atoms with Gasteiger partial charge in [0.15, 0.2) is 0 Å². The number of likely N-dealkylation sites (tertiary alicyclic amines) is 1. The molecule has 6 heteroatoms. The van der Waals surface area contributed by atoms with Crippen LogP contribution in [0.4, 0.5) is 4.79 Å². The number of amides is 2. The van der Waals surface area contributed by atoms with Crippen LogP contribution in [0, 0.1) is 11.8 Å². The molecule has 5 nitrogen and oxygen atoms in total. The van der Waals surface area contributed by atoms with Gasteiger partial charge in [0.25, 0.3) is 0 Å². The number of piperidine rings is 1. The molecule has 0 radical (unpaired) electrons. The van der Waals surface area contributed by atoms with Crippen LogP contribution in [0.2, 0.25) is 0 Å². The Morgan fingerprint density at radius 2 is 2.06 bits per heavy atom. The van der Waals surface area contributed by atoms with Crippen LogP contribution in [-0.2, 0) is 9.53 Å². The van der Waals surface area contributed by atoms with E-state index in [-0.39, 0.29) is 11.9 Å². The molecule has 0 spiro atoms. The van der Waals surface area contributed by atoms with Crippen LogP contribution < -0.4 is 0 Å². The van der Waals surface area contributed by atoms with Crippen molar-refractivity contribution in [2.75, 3.05) is 32.9 Å². The van der Waals surface area contributed by atoms with Crippen LogP contribution in [0.5, 0.6) is 0 Å². The summed E-state index contributed by atoms with van der Waals surface area (Å²) in [5.41, 5.74) is 1.25. The normalized spacial score (nSPS) is 24.4. The van der Waals surface area contributed by atoms with Gasteiger partial charge in [0, 0.05) is 13.0 Å². The summed E-state index contributed by atoms with van der Waals surface area (Å²) in [7, 11) is 0.801. The van der Waals surface area contributed by atoms with Gasteiger partial charge in [0.05, 0.1) is 6.04 Å². The highest BCUT2D eigenvalue weighted by Crippen LogP contribution is 2.26. The molecule has 2 heterocycles. The number of imide groups is 1. The number of ether oxygens (including phenoxy) is 1. The van der Waals surface area contributed by atoms with Crippen molar-refractivity contribution < 1.29 is 14.3 Å². The molecule has 1 aromatic carbocycles. The third-order valence-corrected chi connectivity index (χ3v) is 7.19. The molecule has 34 heavy (non-hydrogen) atoms. The first kappa shape index (κ1) is 26.4. The van der Waals surface area contributed by atoms with Gasteiger partial charge >= 0.3 is 6.09 Å². The van der Waals surface area contributed by atoms with Gasteiger partial charge in [-0.2, -0.15) is 0 Å². The number of carbonyl (C=O) groups is 2. The maximum absolute atomic E-state index is 12.8. The molecule has 184 valence electrons. The van der Waals surface area contributed by atoms with Crippen LogP contribution in [0.3, 0.4) is 0 Å². The van der Waals surface area contributed by atoms with Crippen molar-refractivity contribution in [1.82, 2.24) is 9.80 Å². The second kappa shape index (κ2) is 14.2. The van der Waals surface area contributed by atoms with Crippen molar-refractivity contribution in [2.45, 2.75) is 45.1 Å². The molecule has 4 atom stereocenters. The number of hydrogen-bond donors (Lipinski definition) is 0. The smallest absolute Gasteiger partial charge is 0.416 e. The van der Waals surface area contributed by atoms with E-state index >= 15 is 0 Å². The molecule has 0 N–H and O–H groups in total. The fraction of sp³-hybridized carbons (Fsp3) is 0.500. The topological polar surface area (TPSA) is 49.9 Å². The lowest BCUT2D eigenvalue weighted by atomic mass is 9.86. The maximum atomic E-state index is 12.8. The molecule has 2 aliphatic heterocycles. The molecule has 0 aliphatic carbocycles. The molecular formula is C28H39N2O3P. The lowest BCUT2D eigenvalue weighted by Crippen LogP contribution is -2.41. The van der Waals surface area contributed by atoms with Crippen LogP contribution in [0.25, 0.3) is 6.08 Å². The van der Waals surface area contributed by atoms with E-state index in [0.717, 1.165) is 53.9 Å². The minimum atomic E-state index is -0.481. The molecule has 3 rings (SSSR count). The second-order valence-electron chi connectivity index (χ2n) is 9.25. The van der Waals surface area contributed by atoms with E-state index in [9.17, 15) is 9.59 Å². The Morgan fingerprint density at radius 3 is 2.82 bits per heavy atom. The van der Waals surface area contributed by atoms with Gasteiger partial charge in [-0.25, -0.2) is 9.69 Å². The zero-order valence-corrected chi connectivity index (χ0v) is 21.6. The van der Waals surface area contributed by atoms with Crippen LogP contribution in [-0.4, -0.2) is 60.7 Å². The molecule has 2 saturated heterocycles. The number of carbonyl (C=O) groups excluding carboxylic acids is 2. The third-order valence-electron chi connectivity index (χ3n) is 6.66. The van der Waals surface area contributed by atoms with Crippen molar-refractivity contribution in [1.29, 1.82) is 0 Å². The summed E-state index contributed by atoms with van der Waals surface area (Å²) in [6.07, 6.45) is 14.1. The first-order valence-electron chi connectivity index (χ1n) is 12.5. The fourth-order valence-electron chi connectivity index (χ4n) is 4.71. The minimum absolute atomic E-state index is 0.0997. The van der Waals surface area contributed by atoms with Crippen molar-refractivity contribution in [3.05, 3.63) is 66.0 Å². The van der Waals surface area contributed by atoms with E-state index < -0.39 is 6.09 Å². The van der Waals surface area contributed by atoms with E-state index in [1.807, 2.05) is 18.2 Å². The Morgan fingerprint density at radius 1 is 1.24 bits per heavy atom. The van der Waals surface area contributed by atoms with Crippen LogP contribution in [0.15, 0.2) is 60.5 Å². The summed E-state index contributed by atoms with van der Waals surface area (Å²) in [5.74, 6) is 3.20. The first-order valence-corrected chi connectivity index (χ1v) is 14.1. The average Bonchev–Trinajstić information content (AvgIpc) is 3.21. The zero-order chi connectivity index (χ0) is 24.2. The summed E-state index contributed by atoms with van der Waals surface area (Å²) >= 11 is 0. The number of hydrogen-bond acceptors (Lipinski definition) is 4. The van der Waals surface area contributed by atoms with E-state index in [2.05, 4.69) is 66.8 Å². The predicted octanol–water partition coefficient (Wildman–Crippen LogP) is 5.94. The average molecular weight is 483 g/mol. The summed E-state index contributed by atoms with van der Waals surface area (Å²) in [5, 5.41) is 0. The van der Waals surface area contributed by atoms with Crippen molar-refractivity contribution in [3.8, 4) is 0 Å². The number of benzene rings is 1. The number of nitrogens with zero attached hydrogens (tertiary/aromatic N) is 2. The lowest BCUT2D eigenvalue weighted by molar-refractivity contribution is -0.129. The largest absolute Gasteiger partial charge is 0.447 e. The Labute approximate surface area is 206 Å². The van der Waals surface area contributed by atoms with Crippen LogP contribution >= 0.6 is 8.58 Å². The molecule has 2 aliphatic rings. The molecule has 2 amide bonds. The van der Waals surface area contributed by atoms with Gasteiger partial charge in [-0.3, -0.25) is 4.79 Å². The van der Waals surface area contributed by atoms with Gasteiger partial charge in [0.2, 0.25) is 5.91 Å². The fourth-order valence-corrected chi connectivity index (χ4v) is 5.01. The minimum Gasteiger partial charge on any atom is -0.447 e. The van der Waals surface area contributed by atoms with Gasteiger partial charge < -0.3 is 9.64 Å². The number of rotatable bonds is 11. The summed E-state index contributed by atoms with van der Waals surface area (Å²) in [6.45, 7) is 7.75. The van der Waals surface area contributed by atoms with Crippen LogP contribution in [0.1, 0.15) is 44.6 Å². The molecule has 0 saturated carbocycles. The standard InChI is InChI=1S/C28H39N2O3P/c1-23-21-29(19-17-25(23)16-15-24-11-6-5-7-12-24)18-10-14-27(31)30-26(22-33-28(30)32)13-8-3-4-9-20-34-2/h3-7,9,11-12,15-16,20,23,25-26,34H,8,10,13-14,17-19,21-22H2,1-2H3/b4-3-,16-15-,20-9-/t23-,25+,26+/m0/s1. The zero-order valence-electron chi connectivity index (χ0n) is 20.6. The predicted molar refractivity (Wildman–Crippen MR) is 142 cm³/mol. The third kappa shape index (κ3) is 8.21. The van der Waals surface area contributed by atoms with Gasteiger partial charge in [-0.15, -0.1) is 8.58 Å². The lowest BCUT2D eigenvalue weighted by Gasteiger charge is -2.35. The Kier molecular flexibility index (Phi) is 11.0. The highest BCUT2D eigenvalue weighted by molar-refractivity contribution is 7.40. The van der Waals surface area contributed by atoms with E-state index in [0.29, 0.717) is 24.9 Å². The summed E-state index contributed by atoms with van der Waals surface area (Å²) in [6, 6.07) is 10.3. The van der Waals surface area contributed by atoms with E-state index in [1.165, 1.54) is 10.5 Å². The summed E-state index contributed by atoms with van der Waals surface area (Å²) in [4.78, 5) is 28.8. The summed E-state index contributed by atoms with van der Waals surface area (Å²) < 4.78 is 5.18. The van der Waals surface area contributed by atoms with Gasteiger partial charge in [0.1, 0.15) is 6.61 Å². The van der Waals surface area contributed by atoms with Gasteiger partial charge in [-0.05, 0) is 62.8 Å². The second-order valence-corrected chi connectivity index (χ2v) is 10.2. The molecule has 1 aromatic rings. The number of cyclic esters (lactones) is 1. The van der Waals surface area contributed by atoms with E-state index in [1.54, 1.807) is 0 Å². The maximum Gasteiger partial charge on any atom is 0.416 e. The quantitative estimate of drug-likeness (QED) is 0.289. The van der Waals surface area contributed by atoms with Crippen molar-refractivity contribution in [2.24, 2.45) is 11.8 Å². The van der Waals surface area contributed by atoms with Gasteiger partial charge in [-0.1, -0.05) is 73.5 Å². The Balaban J connectivity index is 1.38. The molecule has 0 aromatic heterocycles. The van der Waals surface area contributed by atoms with Crippen molar-refractivity contribution in [3.63, 3.8) is 0 Å². The Hall–Kier alpha value is -2.23. The molecule has 1 unspecified atom stereocenters. The molecule has 0 bridgehead atoms. The SMILES string of the molecule is CP/C=C\C=C/CC[C@@H]1COC(=O)N1C(=O)CCCN1CC[C@@H](/C=C\c2ccccc2)[C@@H](C)C1. The molecule has 2 fully saturated rings.